The molecule has 0 aliphatic heterocycles. The zero-order valence-corrected chi connectivity index (χ0v) is 7.01. The molecule has 0 amide bonds. The van der Waals surface area contributed by atoms with E-state index in [0.29, 0.717) is 12.8 Å². The number of nitrogens with two attached hydrogens (primary N) is 1. The number of rotatable bonds is 3. The highest BCUT2D eigenvalue weighted by atomic mass is 19.4. The fourth-order valence-corrected chi connectivity index (χ4v) is 1.33. The number of hydrogen-bond donors (Lipinski definition) is 3. The van der Waals surface area contributed by atoms with Crippen molar-refractivity contribution in [3.8, 4) is 0 Å². The maximum Gasteiger partial charge on any atom is 0.406 e. The first-order valence-corrected chi connectivity index (χ1v) is 4.12. The van der Waals surface area contributed by atoms with Crippen molar-refractivity contribution >= 4 is 0 Å². The van der Waals surface area contributed by atoms with Gasteiger partial charge in [0.2, 0.25) is 0 Å². The van der Waals surface area contributed by atoms with E-state index in [2.05, 4.69) is 5.32 Å². The van der Waals surface area contributed by atoms with E-state index in [1.165, 1.54) is 0 Å². The maximum atomic E-state index is 12.1. The Bertz CT molecular complexity index is 168. The Morgan fingerprint density at radius 2 is 2.00 bits per heavy atom. The van der Waals surface area contributed by atoms with Crippen LogP contribution in [0.25, 0.3) is 0 Å². The van der Waals surface area contributed by atoms with Crippen molar-refractivity contribution in [2.75, 3.05) is 6.61 Å². The third-order valence-electron chi connectivity index (χ3n) is 2.19. The van der Waals surface area contributed by atoms with Gasteiger partial charge < -0.3 is 16.2 Å². The van der Waals surface area contributed by atoms with Crippen LogP contribution in [0.3, 0.4) is 0 Å². The summed E-state index contributed by atoms with van der Waals surface area (Å²) in [7, 11) is 0. The van der Waals surface area contributed by atoms with Crippen LogP contribution in [-0.2, 0) is 0 Å². The Kier molecular flexibility index (Phi) is 3.15. The van der Waals surface area contributed by atoms with Gasteiger partial charge in [-0.1, -0.05) is 0 Å². The van der Waals surface area contributed by atoms with Gasteiger partial charge >= 0.3 is 6.18 Å². The highest BCUT2D eigenvalue weighted by Crippen LogP contribution is 2.24. The van der Waals surface area contributed by atoms with Crippen LogP contribution in [-0.4, -0.2) is 36.0 Å². The van der Waals surface area contributed by atoms with E-state index in [1.807, 2.05) is 0 Å². The van der Waals surface area contributed by atoms with Gasteiger partial charge in [-0.05, 0) is 12.8 Å². The molecule has 6 heteroatoms. The molecule has 1 rings (SSSR count). The zero-order chi connectivity index (χ0) is 10.1. The highest BCUT2D eigenvalue weighted by molar-refractivity contribution is 4.91. The molecule has 0 heterocycles. The van der Waals surface area contributed by atoms with E-state index in [-0.39, 0.29) is 12.1 Å². The first kappa shape index (κ1) is 10.7. The summed E-state index contributed by atoms with van der Waals surface area (Å²) in [5, 5.41) is 10.8. The normalized spacial score (nSPS) is 31.2. The SMILES string of the molecule is N[C@H]1C[C@H](N[C@H](CO)C(F)(F)F)C1. The Morgan fingerprint density at radius 1 is 1.46 bits per heavy atom. The summed E-state index contributed by atoms with van der Waals surface area (Å²) in [6, 6.07) is -2.01. The Morgan fingerprint density at radius 3 is 2.31 bits per heavy atom. The van der Waals surface area contributed by atoms with Crippen molar-refractivity contribution in [3.05, 3.63) is 0 Å². The lowest BCUT2D eigenvalue weighted by atomic mass is 9.87. The van der Waals surface area contributed by atoms with Crippen LogP contribution < -0.4 is 11.1 Å². The van der Waals surface area contributed by atoms with Gasteiger partial charge in [0.25, 0.3) is 0 Å². The minimum atomic E-state index is -4.38. The second-order valence-corrected chi connectivity index (χ2v) is 3.37. The van der Waals surface area contributed by atoms with Gasteiger partial charge in [-0.15, -0.1) is 0 Å². The lowest BCUT2D eigenvalue weighted by Gasteiger charge is -2.36. The molecule has 0 radical (unpaired) electrons. The molecule has 0 spiro atoms. The van der Waals surface area contributed by atoms with Crippen molar-refractivity contribution < 1.29 is 18.3 Å². The van der Waals surface area contributed by atoms with Crippen LogP contribution in [0.4, 0.5) is 13.2 Å². The molecule has 0 saturated heterocycles. The number of nitrogens with one attached hydrogen (secondary N) is 1. The van der Waals surface area contributed by atoms with Crippen molar-refractivity contribution in [2.45, 2.75) is 37.1 Å². The number of hydrogen-bond acceptors (Lipinski definition) is 3. The zero-order valence-electron chi connectivity index (χ0n) is 7.01. The molecule has 4 N–H and O–H groups in total. The summed E-state index contributed by atoms with van der Waals surface area (Å²) < 4.78 is 36.3. The minimum absolute atomic E-state index is 0.00470. The second-order valence-electron chi connectivity index (χ2n) is 3.37. The summed E-state index contributed by atoms with van der Waals surface area (Å²) in [5.74, 6) is 0. The molecule has 0 aromatic carbocycles. The minimum Gasteiger partial charge on any atom is -0.394 e. The van der Waals surface area contributed by atoms with E-state index in [1.54, 1.807) is 0 Å². The van der Waals surface area contributed by atoms with E-state index in [4.69, 9.17) is 10.8 Å². The fourth-order valence-electron chi connectivity index (χ4n) is 1.33. The molecule has 1 aliphatic carbocycles. The van der Waals surface area contributed by atoms with E-state index in [9.17, 15) is 13.2 Å². The summed E-state index contributed by atoms with van der Waals surface area (Å²) in [6.07, 6.45) is -3.28. The number of aliphatic hydroxyl groups excluding tert-OH is 1. The maximum absolute atomic E-state index is 12.1. The van der Waals surface area contributed by atoms with Gasteiger partial charge in [0.1, 0.15) is 6.04 Å². The molecule has 13 heavy (non-hydrogen) atoms. The Labute approximate surface area is 74.1 Å². The standard InChI is InChI=1S/C7H13F3N2O/c8-7(9,10)6(3-13)12-5-1-4(11)2-5/h4-6,12-13H,1-3,11H2/t4-,5-,6-/m1/s1. The summed E-state index contributed by atoms with van der Waals surface area (Å²) >= 11 is 0. The van der Waals surface area contributed by atoms with E-state index in [0.717, 1.165) is 0 Å². The van der Waals surface area contributed by atoms with Crippen molar-refractivity contribution in [1.29, 1.82) is 0 Å². The van der Waals surface area contributed by atoms with Gasteiger partial charge in [-0.2, -0.15) is 13.2 Å². The second kappa shape index (κ2) is 3.81. The van der Waals surface area contributed by atoms with Crippen LogP contribution in [0, 0.1) is 0 Å². The topological polar surface area (TPSA) is 58.3 Å². The molecule has 1 aliphatic rings. The van der Waals surface area contributed by atoms with E-state index >= 15 is 0 Å². The van der Waals surface area contributed by atoms with Gasteiger partial charge in [-0.25, -0.2) is 0 Å². The van der Waals surface area contributed by atoms with Crippen molar-refractivity contribution in [1.82, 2.24) is 5.32 Å². The molecule has 3 nitrogen and oxygen atoms in total. The molecular weight excluding hydrogens is 185 g/mol. The van der Waals surface area contributed by atoms with Gasteiger partial charge in [0.15, 0.2) is 0 Å². The average molecular weight is 198 g/mol. The number of alkyl halides is 3. The molecule has 78 valence electrons. The van der Waals surface area contributed by atoms with Crippen LogP contribution in [0.2, 0.25) is 0 Å². The van der Waals surface area contributed by atoms with Gasteiger partial charge in [0.05, 0.1) is 6.61 Å². The predicted octanol–water partition coefficient (Wildman–Crippen LogP) is -0.0111. The quantitative estimate of drug-likeness (QED) is 0.597. The van der Waals surface area contributed by atoms with Gasteiger partial charge in [-0.3, -0.25) is 0 Å². The van der Waals surface area contributed by atoms with Crippen molar-refractivity contribution in [3.63, 3.8) is 0 Å². The first-order valence-electron chi connectivity index (χ1n) is 4.12. The Hall–Kier alpha value is -0.330. The summed E-state index contributed by atoms with van der Waals surface area (Å²) in [4.78, 5) is 0. The fraction of sp³-hybridized carbons (Fsp3) is 1.00. The molecule has 1 atom stereocenters. The van der Waals surface area contributed by atoms with Gasteiger partial charge in [0, 0.05) is 12.1 Å². The van der Waals surface area contributed by atoms with Crippen LogP contribution in [0.15, 0.2) is 0 Å². The van der Waals surface area contributed by atoms with E-state index < -0.39 is 18.8 Å². The molecule has 0 unspecified atom stereocenters. The molecule has 1 fully saturated rings. The predicted molar refractivity (Wildman–Crippen MR) is 41.1 cm³/mol. The van der Waals surface area contributed by atoms with Crippen LogP contribution >= 0.6 is 0 Å². The average Bonchev–Trinajstić information content (AvgIpc) is 1.93. The van der Waals surface area contributed by atoms with Crippen LogP contribution in [0.1, 0.15) is 12.8 Å². The monoisotopic (exact) mass is 198 g/mol. The van der Waals surface area contributed by atoms with Crippen molar-refractivity contribution in [2.24, 2.45) is 5.73 Å². The van der Waals surface area contributed by atoms with Crippen LogP contribution in [0.5, 0.6) is 0 Å². The number of halogens is 3. The first-order chi connectivity index (χ1) is 5.93. The smallest absolute Gasteiger partial charge is 0.394 e. The third-order valence-corrected chi connectivity index (χ3v) is 2.19. The molecular formula is C7H13F3N2O. The molecule has 1 saturated carbocycles. The number of aliphatic hydroxyl groups is 1. The molecule has 0 bridgehead atoms. The largest absolute Gasteiger partial charge is 0.406 e. The molecule has 0 aromatic heterocycles. The molecule has 0 aromatic rings. The third kappa shape index (κ3) is 2.82. The Balaban J connectivity index is 2.33. The summed E-state index contributed by atoms with van der Waals surface area (Å²) in [6.45, 7) is -0.921. The lowest BCUT2D eigenvalue weighted by molar-refractivity contribution is -0.167. The highest BCUT2D eigenvalue weighted by Gasteiger charge is 2.41. The summed E-state index contributed by atoms with van der Waals surface area (Å²) in [5.41, 5.74) is 5.41. The lowest BCUT2D eigenvalue weighted by Crippen LogP contribution is -2.56.